The zero-order chi connectivity index (χ0) is 92.6. The van der Waals surface area contributed by atoms with Gasteiger partial charge in [-0.25, -0.2) is 0 Å². The molecule has 0 aliphatic heterocycles. The Labute approximate surface area is 810 Å². The van der Waals surface area contributed by atoms with Gasteiger partial charge in [0.2, 0.25) is 0 Å². The van der Waals surface area contributed by atoms with Crippen LogP contribution in [-0.2, 0) is 16.2 Å². The van der Waals surface area contributed by atoms with Gasteiger partial charge in [0.1, 0.15) is 0 Å². The van der Waals surface area contributed by atoms with Crippen molar-refractivity contribution in [2.24, 2.45) is 0 Å². The molecule has 3 aromatic heterocycles. The molecular formula is C136H93N3. The highest BCUT2D eigenvalue weighted by molar-refractivity contribution is 6.24. The number of fused-ring (bicyclic) bond motifs is 22. The summed E-state index contributed by atoms with van der Waals surface area (Å²) in [5.41, 5.74) is 44.5. The highest BCUT2D eigenvalue weighted by atomic mass is 14.7. The van der Waals surface area contributed by atoms with Gasteiger partial charge in [-0.3, -0.25) is 15.0 Å². The second-order valence-electron chi connectivity index (χ2n) is 38.4. The largest absolute Gasteiger partial charge is 0.256 e. The standard InChI is InChI=1S/C50H31N.C46H33N.C40H29N/c1-2-15-32(16-3-1)47-37-20-4-6-22-39(37)48(40-23-7-5-21-38(40)47)33-29-30-46(51-31-33)42-25-14-24-41-36-19-10-13-28-45(36)50(49(41)42)43-26-11-8-17-34(43)35-18-9-12-27-44(35)50;1-46(2)41-19-11-10-14-35(41)36-26-24-33(28-42(36)46)30-20-22-31(23-21-30)43-27-25-34(29-47-43)45-39-17-8-6-15-37(39)44(32-12-4-3-5-13-32)38-16-7-9-18-40(38)45;1-40(2)34-21-11-10-19-32(34)39-33(20-12-22-35(39)40)36-24-23-27(25-41-36)38-30-17-8-6-15-28(30)37(26-13-4-3-5-14-26)29-16-7-9-18-31(29)38/h1-31H;3-29H,1-2H3;3-25H,1-2H3. The number of hydrogen-bond donors (Lipinski definition) is 0. The number of nitrogens with zero attached hydrogens (tertiary/aromatic N) is 3. The maximum Gasteiger partial charge on any atom is 0.0732 e. The highest BCUT2D eigenvalue weighted by Gasteiger charge is 2.53. The lowest BCUT2D eigenvalue weighted by molar-refractivity contribution is 0.660. The molecule has 0 fully saturated rings. The third-order valence-electron chi connectivity index (χ3n) is 30.4. The Kier molecular flexibility index (Phi) is 19.6. The predicted octanol–water partition coefficient (Wildman–Crippen LogP) is 35.8. The molecule has 3 heteroatoms. The molecule has 3 nitrogen and oxygen atoms in total. The first-order valence-electron chi connectivity index (χ1n) is 48.4. The fourth-order valence-electron chi connectivity index (χ4n) is 24.2. The van der Waals surface area contributed by atoms with E-state index >= 15 is 0 Å². The lowest BCUT2D eigenvalue weighted by Crippen LogP contribution is -2.26. The number of pyridine rings is 3. The van der Waals surface area contributed by atoms with E-state index in [0.717, 1.165) is 39.3 Å². The maximum absolute atomic E-state index is 5.33. The Balaban J connectivity index is 0.000000108. The molecule has 139 heavy (non-hydrogen) atoms. The molecule has 0 amide bonds. The van der Waals surface area contributed by atoms with Crippen LogP contribution in [0, 0.1) is 0 Å². The van der Waals surface area contributed by atoms with Crippen molar-refractivity contribution in [3.63, 3.8) is 0 Å². The normalized spacial score (nSPS) is 13.2. The average molecular weight is 1770 g/mol. The molecular weight excluding hydrogens is 1680 g/mol. The molecule has 1 spiro atoms. The summed E-state index contributed by atoms with van der Waals surface area (Å²) in [5.74, 6) is 0. The van der Waals surface area contributed by atoms with Gasteiger partial charge in [0, 0.05) is 62.8 Å². The summed E-state index contributed by atoms with van der Waals surface area (Å²) < 4.78 is 0. The maximum atomic E-state index is 5.33. The first-order valence-corrected chi connectivity index (χ1v) is 48.4. The number of rotatable bonds is 10. The van der Waals surface area contributed by atoms with E-state index in [1.54, 1.807) is 0 Å². The molecule has 0 saturated heterocycles. The van der Waals surface area contributed by atoms with Gasteiger partial charge in [-0.15, -0.1) is 0 Å². The Morgan fingerprint density at radius 1 is 0.144 bits per heavy atom. The monoisotopic (exact) mass is 1770 g/mol. The molecule has 4 aliphatic carbocycles. The minimum absolute atomic E-state index is 0.00788. The summed E-state index contributed by atoms with van der Waals surface area (Å²) in [7, 11) is 0. The van der Waals surface area contributed by atoms with E-state index < -0.39 is 5.41 Å². The molecule has 0 saturated carbocycles. The minimum atomic E-state index is -0.421. The van der Waals surface area contributed by atoms with Crippen LogP contribution in [0.15, 0.2) is 492 Å². The Hall–Kier alpha value is -17.4. The summed E-state index contributed by atoms with van der Waals surface area (Å²) in [6, 6.07) is 172. The van der Waals surface area contributed by atoms with Crippen LogP contribution in [0.3, 0.4) is 0 Å². The predicted molar refractivity (Wildman–Crippen MR) is 584 cm³/mol. The van der Waals surface area contributed by atoms with Crippen molar-refractivity contribution in [3.05, 3.63) is 536 Å². The van der Waals surface area contributed by atoms with Crippen LogP contribution >= 0.6 is 0 Å². The van der Waals surface area contributed by atoms with Crippen LogP contribution in [0.1, 0.15) is 72.2 Å². The van der Waals surface area contributed by atoms with Crippen molar-refractivity contribution < 1.29 is 0 Å². The molecule has 24 aromatic rings. The van der Waals surface area contributed by atoms with Gasteiger partial charge in [0.15, 0.2) is 0 Å². The quantitative estimate of drug-likeness (QED) is 0.128. The van der Waals surface area contributed by atoms with Crippen LogP contribution in [0.2, 0.25) is 0 Å². The fourth-order valence-corrected chi connectivity index (χ4v) is 24.2. The van der Waals surface area contributed by atoms with E-state index in [1.807, 2.05) is 6.20 Å². The smallest absolute Gasteiger partial charge is 0.0732 e. The van der Waals surface area contributed by atoms with Crippen LogP contribution in [-0.4, -0.2) is 15.0 Å². The van der Waals surface area contributed by atoms with Gasteiger partial charge < -0.3 is 0 Å². The molecule has 0 atom stereocenters. The lowest BCUT2D eigenvalue weighted by Gasteiger charge is -2.32. The van der Waals surface area contributed by atoms with Gasteiger partial charge in [0.05, 0.1) is 22.5 Å². The molecule has 4 aliphatic rings. The number of aromatic nitrogens is 3. The van der Waals surface area contributed by atoms with E-state index in [2.05, 4.69) is 513 Å². The first kappa shape index (κ1) is 82.3. The molecule has 28 rings (SSSR count). The van der Waals surface area contributed by atoms with Crippen molar-refractivity contribution in [2.75, 3.05) is 0 Å². The summed E-state index contributed by atoms with van der Waals surface area (Å²) in [6.07, 6.45) is 6.20. The third-order valence-corrected chi connectivity index (χ3v) is 30.4. The lowest BCUT2D eigenvalue weighted by atomic mass is 9.69. The second-order valence-corrected chi connectivity index (χ2v) is 38.4. The van der Waals surface area contributed by atoms with Crippen molar-refractivity contribution in [1.29, 1.82) is 0 Å². The van der Waals surface area contributed by atoms with Crippen molar-refractivity contribution in [1.82, 2.24) is 15.0 Å². The molecule has 0 unspecified atom stereocenters. The SMILES string of the molecule is CC1(C)c2ccccc2-c2c(-c3ccc(-c4c5ccccc5c(-c5ccccc5)c5ccccc45)cn3)cccc21.CC1(C)c2ccccc2-c2ccc(-c3ccc(-c4ccc(-c5c6ccccc6c(-c6ccccc6)c6ccccc56)cn4)cc3)cc21.c1ccc(-c2c3ccccc3c(-c3ccc(-c4cccc5c4C4(c6ccccc6-c6ccccc64)c4ccccc4-5)nc3)c3ccccc23)cc1. The van der Waals surface area contributed by atoms with Gasteiger partial charge in [0.25, 0.3) is 0 Å². The Morgan fingerprint density at radius 2 is 0.396 bits per heavy atom. The average Bonchev–Trinajstić information content (AvgIpc) is 1.50. The number of hydrogen-bond acceptors (Lipinski definition) is 3. The topological polar surface area (TPSA) is 38.7 Å². The van der Waals surface area contributed by atoms with Gasteiger partial charge in [-0.2, -0.15) is 0 Å². The van der Waals surface area contributed by atoms with E-state index in [-0.39, 0.29) is 10.8 Å². The van der Waals surface area contributed by atoms with Crippen LogP contribution in [0.5, 0.6) is 0 Å². The van der Waals surface area contributed by atoms with Crippen LogP contribution in [0.25, 0.3) is 221 Å². The fraction of sp³-hybridized carbons (Fsp3) is 0.0515. The Bertz CT molecular complexity index is 8830. The second kappa shape index (κ2) is 33.0. The molecule has 652 valence electrons. The third kappa shape index (κ3) is 13.1. The van der Waals surface area contributed by atoms with E-state index in [4.69, 9.17) is 15.0 Å². The molecule has 0 bridgehead atoms. The van der Waals surface area contributed by atoms with Gasteiger partial charge in [-0.1, -0.05) is 477 Å². The van der Waals surface area contributed by atoms with Crippen molar-refractivity contribution >= 4 is 64.6 Å². The van der Waals surface area contributed by atoms with Gasteiger partial charge in [-0.05, 0) is 239 Å². The first-order chi connectivity index (χ1) is 68.5. The van der Waals surface area contributed by atoms with Crippen molar-refractivity contribution in [3.8, 4) is 156 Å². The van der Waals surface area contributed by atoms with E-state index in [1.165, 1.54) is 226 Å². The van der Waals surface area contributed by atoms with E-state index in [9.17, 15) is 0 Å². The van der Waals surface area contributed by atoms with Crippen molar-refractivity contribution in [2.45, 2.75) is 43.9 Å². The van der Waals surface area contributed by atoms with E-state index in [0.29, 0.717) is 0 Å². The molecule has 3 heterocycles. The molecule has 0 N–H and O–H groups in total. The summed E-state index contributed by atoms with van der Waals surface area (Å²) >= 11 is 0. The minimum Gasteiger partial charge on any atom is -0.256 e. The highest BCUT2D eigenvalue weighted by Crippen LogP contribution is 2.65. The zero-order valence-corrected chi connectivity index (χ0v) is 77.6. The van der Waals surface area contributed by atoms with Crippen LogP contribution < -0.4 is 0 Å². The summed E-state index contributed by atoms with van der Waals surface area (Å²) in [6.45, 7) is 9.33. The summed E-state index contributed by atoms with van der Waals surface area (Å²) in [5, 5.41) is 15.0. The zero-order valence-electron chi connectivity index (χ0n) is 77.6. The molecule has 21 aromatic carbocycles. The van der Waals surface area contributed by atoms with Gasteiger partial charge >= 0.3 is 0 Å². The number of benzene rings is 21. The Morgan fingerprint density at radius 3 is 0.784 bits per heavy atom. The van der Waals surface area contributed by atoms with Crippen LogP contribution in [0.4, 0.5) is 0 Å². The molecule has 0 radical (unpaired) electrons. The summed E-state index contributed by atoms with van der Waals surface area (Å²) in [4.78, 5) is 15.5.